The molecule has 10 heteroatoms. The number of nitrogens with zero attached hydrogens (tertiary/aromatic N) is 2. The van der Waals surface area contributed by atoms with Crippen LogP contribution in [0, 0.1) is 6.92 Å². The number of alkyl halides is 3. The molecule has 6 nitrogen and oxygen atoms in total. The highest BCUT2D eigenvalue weighted by Crippen LogP contribution is 2.42. The molecule has 0 aliphatic heterocycles. The van der Waals surface area contributed by atoms with Crippen LogP contribution in [0.25, 0.3) is 11.0 Å². The number of thiocarbonyl (C=S) groups is 1. The van der Waals surface area contributed by atoms with E-state index in [1.165, 1.54) is 10.7 Å². The summed E-state index contributed by atoms with van der Waals surface area (Å²) in [5.41, 5.74) is 1.36. The maximum absolute atomic E-state index is 13.0. The predicted molar refractivity (Wildman–Crippen MR) is 115 cm³/mol. The van der Waals surface area contributed by atoms with Gasteiger partial charge in [0.2, 0.25) is 0 Å². The summed E-state index contributed by atoms with van der Waals surface area (Å²) in [6, 6.07) is 7.97. The van der Waals surface area contributed by atoms with Crippen LogP contribution in [0.2, 0.25) is 0 Å². The first kappa shape index (κ1) is 21.4. The van der Waals surface area contributed by atoms with Gasteiger partial charge in [0.25, 0.3) is 0 Å². The molecular formula is C21H21F3N4O2S. The van der Waals surface area contributed by atoms with Crippen LogP contribution in [0.15, 0.2) is 39.5 Å². The number of benzene rings is 1. The second-order valence-corrected chi connectivity index (χ2v) is 8.05. The fourth-order valence-corrected chi connectivity index (χ4v) is 3.69. The molecule has 0 radical (unpaired) electrons. The van der Waals surface area contributed by atoms with Crippen molar-refractivity contribution in [3.8, 4) is 0 Å². The van der Waals surface area contributed by atoms with Crippen molar-refractivity contribution in [1.29, 1.82) is 0 Å². The van der Waals surface area contributed by atoms with Crippen molar-refractivity contribution in [2.75, 3.05) is 11.9 Å². The molecule has 1 aliphatic rings. The van der Waals surface area contributed by atoms with E-state index in [4.69, 9.17) is 16.6 Å². The van der Waals surface area contributed by atoms with Crippen LogP contribution in [0.1, 0.15) is 42.1 Å². The standard InChI is InChI=1S/C21H21F3N4O2S/c1-12-9-19(29)30-17-10-14(5-6-15(12)17)26-20(31)25-7-2-8-28-16(13-3-4-13)11-18(27-28)21(22,23)24/h5-6,9-11,13H,2-4,7-8H2,1H3,(H2,25,26,31). The van der Waals surface area contributed by atoms with E-state index in [2.05, 4.69) is 15.7 Å². The van der Waals surface area contributed by atoms with Crippen LogP contribution in [0.3, 0.4) is 0 Å². The largest absolute Gasteiger partial charge is 0.435 e. The van der Waals surface area contributed by atoms with Crippen LogP contribution in [0.4, 0.5) is 18.9 Å². The number of halogens is 3. The summed E-state index contributed by atoms with van der Waals surface area (Å²) in [5.74, 6) is 0.177. The molecule has 3 aromatic rings. The molecule has 2 aromatic heterocycles. The predicted octanol–water partition coefficient (Wildman–Crippen LogP) is 4.57. The number of hydrogen-bond acceptors (Lipinski definition) is 4. The Bertz CT molecular complexity index is 1180. The molecule has 2 heterocycles. The topological polar surface area (TPSA) is 72.1 Å². The molecular weight excluding hydrogens is 429 g/mol. The van der Waals surface area contributed by atoms with Crippen LogP contribution in [0.5, 0.6) is 0 Å². The van der Waals surface area contributed by atoms with Crippen molar-refractivity contribution in [2.45, 2.75) is 44.8 Å². The Balaban J connectivity index is 1.32. The highest BCUT2D eigenvalue weighted by atomic mass is 32.1. The smallest absolute Gasteiger partial charge is 0.423 e. The van der Waals surface area contributed by atoms with Crippen LogP contribution < -0.4 is 16.3 Å². The maximum Gasteiger partial charge on any atom is 0.435 e. The lowest BCUT2D eigenvalue weighted by atomic mass is 10.1. The van der Waals surface area contributed by atoms with Crippen molar-refractivity contribution in [3.63, 3.8) is 0 Å². The number of aromatic nitrogens is 2. The number of fused-ring (bicyclic) bond motifs is 1. The van der Waals surface area contributed by atoms with E-state index in [9.17, 15) is 18.0 Å². The Labute approximate surface area is 181 Å². The molecule has 164 valence electrons. The van der Waals surface area contributed by atoms with Crippen LogP contribution in [-0.4, -0.2) is 21.4 Å². The Hall–Kier alpha value is -2.88. The minimum Gasteiger partial charge on any atom is -0.423 e. The van der Waals surface area contributed by atoms with Crippen molar-refractivity contribution in [2.24, 2.45) is 0 Å². The van der Waals surface area contributed by atoms with E-state index < -0.39 is 17.5 Å². The van der Waals surface area contributed by atoms with Gasteiger partial charge in [-0.2, -0.15) is 18.3 Å². The van der Waals surface area contributed by atoms with E-state index in [0.29, 0.717) is 41.6 Å². The number of hydrogen-bond donors (Lipinski definition) is 2. The lowest BCUT2D eigenvalue weighted by Gasteiger charge is -2.12. The third-order valence-electron chi connectivity index (χ3n) is 5.14. The van der Waals surface area contributed by atoms with Gasteiger partial charge in [-0.3, -0.25) is 4.68 Å². The van der Waals surface area contributed by atoms with Gasteiger partial charge in [0.15, 0.2) is 10.8 Å². The van der Waals surface area contributed by atoms with Gasteiger partial charge in [-0.15, -0.1) is 0 Å². The summed E-state index contributed by atoms with van der Waals surface area (Å²) < 4.78 is 45.6. The molecule has 1 saturated carbocycles. The third-order valence-corrected chi connectivity index (χ3v) is 5.39. The summed E-state index contributed by atoms with van der Waals surface area (Å²) in [5, 5.41) is 11.0. The molecule has 0 saturated heterocycles. The number of anilines is 1. The first-order chi connectivity index (χ1) is 14.7. The molecule has 1 aliphatic carbocycles. The molecule has 2 N–H and O–H groups in total. The Morgan fingerprint density at radius 1 is 1.29 bits per heavy atom. The van der Waals surface area contributed by atoms with E-state index in [-0.39, 0.29) is 5.92 Å². The molecule has 0 amide bonds. The normalized spacial score (nSPS) is 14.1. The Kier molecular flexibility index (Phi) is 5.74. The van der Waals surface area contributed by atoms with Gasteiger partial charge in [-0.1, -0.05) is 0 Å². The zero-order valence-corrected chi connectivity index (χ0v) is 17.6. The van der Waals surface area contributed by atoms with E-state index in [1.807, 2.05) is 19.1 Å². The summed E-state index contributed by atoms with van der Waals surface area (Å²) >= 11 is 5.28. The van der Waals surface area contributed by atoms with E-state index in [0.717, 1.165) is 29.9 Å². The second kappa shape index (κ2) is 8.33. The monoisotopic (exact) mass is 450 g/mol. The van der Waals surface area contributed by atoms with E-state index in [1.54, 1.807) is 6.07 Å². The fraction of sp³-hybridized carbons (Fsp3) is 0.381. The van der Waals surface area contributed by atoms with Crippen molar-refractivity contribution < 1.29 is 17.6 Å². The molecule has 0 spiro atoms. The highest BCUT2D eigenvalue weighted by Gasteiger charge is 2.37. The second-order valence-electron chi connectivity index (χ2n) is 7.64. The maximum atomic E-state index is 13.0. The average molecular weight is 450 g/mol. The summed E-state index contributed by atoms with van der Waals surface area (Å²) in [6.07, 6.45) is -2.07. The van der Waals surface area contributed by atoms with Gasteiger partial charge >= 0.3 is 11.8 Å². The zero-order valence-electron chi connectivity index (χ0n) is 16.8. The zero-order chi connectivity index (χ0) is 22.2. The van der Waals surface area contributed by atoms with Gasteiger partial charge < -0.3 is 15.1 Å². The average Bonchev–Trinajstić information content (AvgIpc) is 3.43. The SMILES string of the molecule is Cc1cc(=O)oc2cc(NC(=S)NCCCn3nc(C(F)(F)F)cc3C3CC3)ccc12. The first-order valence-corrected chi connectivity index (χ1v) is 10.4. The first-order valence-electron chi connectivity index (χ1n) is 9.95. The molecule has 1 fully saturated rings. The fourth-order valence-electron chi connectivity index (χ4n) is 3.47. The molecule has 4 rings (SSSR count). The Morgan fingerprint density at radius 3 is 2.77 bits per heavy atom. The minimum absolute atomic E-state index is 0.177. The quantitative estimate of drug-likeness (QED) is 0.326. The number of rotatable bonds is 6. The minimum atomic E-state index is -4.43. The number of nitrogens with one attached hydrogen (secondary N) is 2. The molecule has 0 bridgehead atoms. The van der Waals surface area contributed by atoms with Crippen molar-refractivity contribution in [1.82, 2.24) is 15.1 Å². The summed E-state index contributed by atoms with van der Waals surface area (Å²) in [4.78, 5) is 11.6. The summed E-state index contributed by atoms with van der Waals surface area (Å²) in [6.45, 7) is 2.68. The molecule has 0 atom stereocenters. The lowest BCUT2D eigenvalue weighted by molar-refractivity contribution is -0.141. The van der Waals surface area contributed by atoms with Gasteiger partial charge in [0.1, 0.15) is 5.58 Å². The molecule has 0 unspecified atom stereocenters. The summed E-state index contributed by atoms with van der Waals surface area (Å²) in [7, 11) is 0. The van der Waals surface area contributed by atoms with Gasteiger partial charge in [0.05, 0.1) is 0 Å². The lowest BCUT2D eigenvalue weighted by Crippen LogP contribution is -2.30. The van der Waals surface area contributed by atoms with Gasteiger partial charge in [-0.25, -0.2) is 4.79 Å². The van der Waals surface area contributed by atoms with Gasteiger partial charge in [0, 0.05) is 47.9 Å². The Morgan fingerprint density at radius 2 is 2.06 bits per heavy atom. The van der Waals surface area contributed by atoms with Crippen LogP contribution >= 0.6 is 12.2 Å². The van der Waals surface area contributed by atoms with E-state index >= 15 is 0 Å². The van der Waals surface area contributed by atoms with Gasteiger partial charge in [-0.05, 0) is 62.2 Å². The molecule has 31 heavy (non-hydrogen) atoms. The third kappa shape index (κ3) is 5.07. The van der Waals surface area contributed by atoms with Crippen molar-refractivity contribution >= 4 is 34.0 Å². The number of aryl methyl sites for hydroxylation is 2. The van der Waals surface area contributed by atoms with Crippen molar-refractivity contribution in [3.05, 3.63) is 57.7 Å². The highest BCUT2D eigenvalue weighted by molar-refractivity contribution is 7.80. The van der Waals surface area contributed by atoms with Crippen LogP contribution in [-0.2, 0) is 12.7 Å². The molecule has 1 aromatic carbocycles.